The molecule has 114 valence electrons. The van der Waals surface area contributed by atoms with E-state index in [9.17, 15) is 13.2 Å². The summed E-state index contributed by atoms with van der Waals surface area (Å²) in [4.78, 5) is 4.03. The Morgan fingerprint density at radius 3 is 2.90 bits per heavy atom. The van der Waals surface area contributed by atoms with E-state index in [1.165, 1.54) is 0 Å². The van der Waals surface area contributed by atoms with Crippen molar-refractivity contribution in [3.8, 4) is 0 Å². The molecule has 0 aromatic carbocycles. The smallest absolute Gasteiger partial charge is 0.369 e. The number of rotatable bonds is 5. The van der Waals surface area contributed by atoms with E-state index < -0.39 is 12.8 Å². The first kappa shape index (κ1) is 15.3. The van der Waals surface area contributed by atoms with Gasteiger partial charge in [-0.15, -0.1) is 0 Å². The van der Waals surface area contributed by atoms with E-state index in [0.29, 0.717) is 19.4 Å². The van der Waals surface area contributed by atoms with Gasteiger partial charge in [-0.05, 0) is 25.7 Å². The number of aromatic nitrogens is 2. The van der Waals surface area contributed by atoms with E-state index >= 15 is 0 Å². The predicted molar refractivity (Wildman–Crippen MR) is 68.1 cm³/mol. The molecule has 7 heteroatoms. The van der Waals surface area contributed by atoms with Crippen molar-refractivity contribution in [3.63, 3.8) is 0 Å². The van der Waals surface area contributed by atoms with Crippen LogP contribution in [0.3, 0.4) is 0 Å². The van der Waals surface area contributed by atoms with Gasteiger partial charge in [0.25, 0.3) is 0 Å². The molecule has 0 aliphatic heterocycles. The minimum atomic E-state index is -4.24. The van der Waals surface area contributed by atoms with Crippen LogP contribution in [0.15, 0.2) is 12.5 Å². The second kappa shape index (κ2) is 6.58. The maximum Gasteiger partial charge on any atom is 0.411 e. The maximum absolute atomic E-state index is 12.1. The summed E-state index contributed by atoms with van der Waals surface area (Å²) in [6.45, 7) is -0.473. The van der Waals surface area contributed by atoms with Gasteiger partial charge in [0.15, 0.2) is 0 Å². The summed E-state index contributed by atoms with van der Waals surface area (Å²) in [6, 6.07) is 0.205. The van der Waals surface area contributed by atoms with Crippen molar-refractivity contribution in [2.45, 2.75) is 50.6 Å². The molecule has 4 nitrogen and oxygen atoms in total. The molecule has 1 aromatic rings. The van der Waals surface area contributed by atoms with Gasteiger partial charge in [0.2, 0.25) is 0 Å². The van der Waals surface area contributed by atoms with Gasteiger partial charge >= 0.3 is 6.18 Å². The number of imidazole rings is 1. The van der Waals surface area contributed by atoms with Crippen LogP contribution in [0.25, 0.3) is 0 Å². The Hall–Kier alpha value is -1.08. The fourth-order valence-electron chi connectivity index (χ4n) is 2.50. The van der Waals surface area contributed by atoms with Gasteiger partial charge in [0, 0.05) is 25.8 Å². The van der Waals surface area contributed by atoms with Gasteiger partial charge in [-0.1, -0.05) is 0 Å². The number of nitrogens with one attached hydrogen (secondary N) is 1. The maximum atomic E-state index is 12.1. The molecular weight excluding hydrogens is 271 g/mol. The highest BCUT2D eigenvalue weighted by atomic mass is 19.4. The van der Waals surface area contributed by atoms with Gasteiger partial charge in [-0.25, -0.2) is 4.98 Å². The number of aryl methyl sites for hydroxylation is 1. The van der Waals surface area contributed by atoms with Crippen molar-refractivity contribution < 1.29 is 17.9 Å². The molecule has 0 spiro atoms. The van der Waals surface area contributed by atoms with Crippen molar-refractivity contribution in [1.82, 2.24) is 14.9 Å². The van der Waals surface area contributed by atoms with Crippen molar-refractivity contribution in [3.05, 3.63) is 18.2 Å². The quantitative estimate of drug-likeness (QED) is 0.905. The monoisotopic (exact) mass is 291 g/mol. The third kappa shape index (κ3) is 4.79. The van der Waals surface area contributed by atoms with E-state index in [4.69, 9.17) is 4.74 Å². The zero-order chi connectivity index (χ0) is 14.6. The predicted octanol–water partition coefficient (Wildman–Crippen LogP) is 2.40. The van der Waals surface area contributed by atoms with E-state index in [0.717, 1.165) is 18.5 Å². The van der Waals surface area contributed by atoms with Crippen molar-refractivity contribution in [2.75, 3.05) is 6.61 Å². The van der Waals surface area contributed by atoms with Gasteiger partial charge in [0.1, 0.15) is 6.61 Å². The number of hydrogen-bond acceptors (Lipinski definition) is 3. The van der Waals surface area contributed by atoms with Crippen LogP contribution in [0.2, 0.25) is 0 Å². The number of nitrogens with zero attached hydrogens (tertiary/aromatic N) is 2. The van der Waals surface area contributed by atoms with Crippen LogP contribution >= 0.6 is 0 Å². The summed E-state index contributed by atoms with van der Waals surface area (Å²) in [5.41, 5.74) is 1.06. The van der Waals surface area contributed by atoms with E-state index in [1.807, 2.05) is 11.6 Å². The SMILES string of the molecule is Cn1cncc1CNC1CCCC(OCC(F)(F)F)C1. The lowest BCUT2D eigenvalue weighted by molar-refractivity contribution is -0.188. The summed E-state index contributed by atoms with van der Waals surface area (Å²) in [5, 5.41) is 3.37. The van der Waals surface area contributed by atoms with Crippen LogP contribution in [-0.2, 0) is 18.3 Å². The summed E-state index contributed by atoms with van der Waals surface area (Å²) < 4.78 is 43.3. The average molecular weight is 291 g/mol. The molecule has 1 fully saturated rings. The molecular formula is C13H20F3N3O. The molecule has 0 amide bonds. The van der Waals surface area contributed by atoms with Gasteiger partial charge in [0.05, 0.1) is 18.1 Å². The standard InChI is InChI=1S/C13H20F3N3O/c1-19-9-17-6-11(19)7-18-10-3-2-4-12(5-10)20-8-13(14,15)16/h6,9-10,12,18H,2-5,7-8H2,1H3. The third-order valence-corrected chi connectivity index (χ3v) is 3.60. The lowest BCUT2D eigenvalue weighted by atomic mass is 9.93. The first-order chi connectivity index (χ1) is 9.44. The Morgan fingerprint density at radius 1 is 1.45 bits per heavy atom. The molecule has 0 radical (unpaired) electrons. The van der Waals surface area contributed by atoms with Crippen molar-refractivity contribution in [2.24, 2.45) is 7.05 Å². The van der Waals surface area contributed by atoms with E-state index in [2.05, 4.69) is 10.3 Å². The van der Waals surface area contributed by atoms with Gasteiger partial charge in [-0.3, -0.25) is 0 Å². The highest BCUT2D eigenvalue weighted by Crippen LogP contribution is 2.24. The molecule has 1 aliphatic rings. The highest BCUT2D eigenvalue weighted by Gasteiger charge is 2.31. The van der Waals surface area contributed by atoms with Crippen molar-refractivity contribution >= 4 is 0 Å². The Bertz CT molecular complexity index is 419. The molecule has 1 aliphatic carbocycles. The number of hydrogen-bond donors (Lipinski definition) is 1. The Balaban J connectivity index is 1.74. The molecule has 2 atom stereocenters. The van der Waals surface area contributed by atoms with E-state index in [1.54, 1.807) is 12.5 Å². The minimum Gasteiger partial charge on any atom is -0.369 e. The van der Waals surface area contributed by atoms with Crippen LogP contribution in [0.1, 0.15) is 31.4 Å². The Morgan fingerprint density at radius 2 is 2.25 bits per heavy atom. The largest absolute Gasteiger partial charge is 0.411 e. The van der Waals surface area contributed by atoms with Crippen LogP contribution in [0, 0.1) is 0 Å². The molecule has 1 N–H and O–H groups in total. The zero-order valence-corrected chi connectivity index (χ0v) is 11.5. The number of halogens is 3. The van der Waals surface area contributed by atoms with Crippen LogP contribution in [0.4, 0.5) is 13.2 Å². The molecule has 20 heavy (non-hydrogen) atoms. The summed E-state index contributed by atoms with van der Waals surface area (Å²) in [7, 11) is 1.92. The fourth-order valence-corrected chi connectivity index (χ4v) is 2.50. The fraction of sp³-hybridized carbons (Fsp3) is 0.769. The lowest BCUT2D eigenvalue weighted by Gasteiger charge is -2.30. The normalized spacial score (nSPS) is 24.0. The second-order valence-electron chi connectivity index (χ2n) is 5.29. The minimum absolute atomic E-state index is 0.205. The van der Waals surface area contributed by atoms with Crippen LogP contribution in [-0.4, -0.2) is 34.5 Å². The molecule has 0 saturated heterocycles. The molecule has 2 rings (SSSR count). The van der Waals surface area contributed by atoms with Gasteiger partial charge in [-0.2, -0.15) is 13.2 Å². The van der Waals surface area contributed by atoms with Crippen molar-refractivity contribution in [1.29, 1.82) is 0 Å². The summed E-state index contributed by atoms with van der Waals surface area (Å²) in [6.07, 6.45) is 2.19. The molecule has 1 aromatic heterocycles. The van der Waals surface area contributed by atoms with E-state index in [-0.39, 0.29) is 12.1 Å². The molecule has 2 unspecified atom stereocenters. The highest BCUT2D eigenvalue weighted by molar-refractivity contribution is 4.97. The van der Waals surface area contributed by atoms with Gasteiger partial charge < -0.3 is 14.6 Å². The molecule has 0 bridgehead atoms. The first-order valence-corrected chi connectivity index (χ1v) is 6.81. The Labute approximate surface area is 116 Å². The third-order valence-electron chi connectivity index (χ3n) is 3.60. The number of ether oxygens (including phenoxy) is 1. The number of alkyl halides is 3. The van der Waals surface area contributed by atoms with Crippen LogP contribution in [0.5, 0.6) is 0 Å². The molecule has 1 saturated carbocycles. The lowest BCUT2D eigenvalue weighted by Crippen LogP contribution is -2.38. The molecule has 1 heterocycles. The first-order valence-electron chi connectivity index (χ1n) is 6.81. The van der Waals surface area contributed by atoms with Crippen LogP contribution < -0.4 is 5.32 Å². The second-order valence-corrected chi connectivity index (χ2v) is 5.29. The average Bonchev–Trinajstić information content (AvgIpc) is 2.79. The summed E-state index contributed by atoms with van der Waals surface area (Å²) >= 11 is 0. The zero-order valence-electron chi connectivity index (χ0n) is 11.5. The summed E-state index contributed by atoms with van der Waals surface area (Å²) in [5.74, 6) is 0. The topological polar surface area (TPSA) is 39.1 Å². The Kier molecular flexibility index (Phi) is 5.04.